The first-order valence-electron chi connectivity index (χ1n) is 9.19. The summed E-state index contributed by atoms with van der Waals surface area (Å²) in [6.45, 7) is 2.24. The molecule has 1 amide bonds. The Morgan fingerprint density at radius 2 is 1.88 bits per heavy atom. The summed E-state index contributed by atoms with van der Waals surface area (Å²) in [7, 11) is 0. The maximum absolute atomic E-state index is 12.1. The van der Waals surface area contributed by atoms with E-state index >= 15 is 0 Å². The number of amides is 1. The third-order valence-electron chi connectivity index (χ3n) is 4.98. The number of hydrogen-bond donors (Lipinski definition) is 2. The molecular weight excluding hydrogens is 427 g/mol. The van der Waals surface area contributed by atoms with E-state index in [-0.39, 0.29) is 29.9 Å². The third kappa shape index (κ3) is 5.59. The number of aliphatic imine (C=N–C) groups is 1. The number of anilines is 1. The summed E-state index contributed by atoms with van der Waals surface area (Å²) < 4.78 is 0. The number of rotatable bonds is 4. The van der Waals surface area contributed by atoms with Crippen molar-refractivity contribution in [3.8, 4) is 0 Å². The molecule has 1 aliphatic heterocycles. The van der Waals surface area contributed by atoms with Crippen LogP contribution in [0.1, 0.15) is 49.7 Å². The first kappa shape index (κ1) is 20.0. The molecule has 0 saturated carbocycles. The Labute approximate surface area is 167 Å². The number of likely N-dealkylation sites (tertiary alicyclic amines) is 1. The number of fused-ring (bicyclic) bond motifs is 1. The minimum absolute atomic E-state index is 0. The summed E-state index contributed by atoms with van der Waals surface area (Å²) in [5.41, 5.74) is 9.87. The van der Waals surface area contributed by atoms with Crippen molar-refractivity contribution in [3.63, 3.8) is 0 Å². The van der Waals surface area contributed by atoms with E-state index in [0.717, 1.165) is 44.5 Å². The Morgan fingerprint density at radius 1 is 1.12 bits per heavy atom. The van der Waals surface area contributed by atoms with Crippen LogP contribution in [0.3, 0.4) is 0 Å². The minimum Gasteiger partial charge on any atom is -0.370 e. The van der Waals surface area contributed by atoms with E-state index in [9.17, 15) is 4.79 Å². The molecule has 0 spiro atoms. The molecule has 6 heteroatoms. The summed E-state index contributed by atoms with van der Waals surface area (Å²) in [6, 6.07) is 6.33. The molecular formula is C19H29IN4O. The van der Waals surface area contributed by atoms with E-state index in [2.05, 4.69) is 28.5 Å². The summed E-state index contributed by atoms with van der Waals surface area (Å²) in [4.78, 5) is 18.4. The molecule has 1 saturated heterocycles. The molecule has 1 fully saturated rings. The van der Waals surface area contributed by atoms with Gasteiger partial charge in [0, 0.05) is 25.2 Å². The number of benzene rings is 1. The van der Waals surface area contributed by atoms with Crippen LogP contribution in [0, 0.1) is 0 Å². The number of aryl methyl sites for hydroxylation is 1. The van der Waals surface area contributed by atoms with Crippen molar-refractivity contribution in [1.82, 2.24) is 4.90 Å². The Kier molecular flexibility index (Phi) is 7.99. The van der Waals surface area contributed by atoms with Gasteiger partial charge in [-0.25, -0.2) is 0 Å². The van der Waals surface area contributed by atoms with Crippen molar-refractivity contribution in [1.29, 1.82) is 0 Å². The lowest BCUT2D eigenvalue weighted by atomic mass is 9.90. The highest BCUT2D eigenvalue weighted by Crippen LogP contribution is 2.27. The molecule has 3 N–H and O–H groups in total. The predicted molar refractivity (Wildman–Crippen MR) is 114 cm³/mol. The summed E-state index contributed by atoms with van der Waals surface area (Å²) in [5.74, 6) is 0.601. The van der Waals surface area contributed by atoms with Crippen LogP contribution in [0.5, 0.6) is 0 Å². The van der Waals surface area contributed by atoms with Gasteiger partial charge in [-0.1, -0.05) is 12.1 Å². The Morgan fingerprint density at radius 3 is 2.68 bits per heavy atom. The zero-order chi connectivity index (χ0) is 16.8. The van der Waals surface area contributed by atoms with Gasteiger partial charge in [-0.3, -0.25) is 9.79 Å². The topological polar surface area (TPSA) is 70.7 Å². The first-order valence-corrected chi connectivity index (χ1v) is 9.19. The van der Waals surface area contributed by atoms with Gasteiger partial charge in [0.1, 0.15) is 0 Å². The van der Waals surface area contributed by atoms with Gasteiger partial charge in [-0.05, 0) is 62.1 Å². The van der Waals surface area contributed by atoms with Crippen molar-refractivity contribution in [2.75, 3.05) is 25.0 Å². The van der Waals surface area contributed by atoms with Gasteiger partial charge < -0.3 is 16.0 Å². The molecule has 0 radical (unpaired) electrons. The Hall–Kier alpha value is -1.31. The molecule has 2 aliphatic rings. The lowest BCUT2D eigenvalue weighted by Gasteiger charge is -2.26. The number of guanidine groups is 1. The van der Waals surface area contributed by atoms with Crippen LogP contribution in [-0.4, -0.2) is 36.4 Å². The van der Waals surface area contributed by atoms with Crippen molar-refractivity contribution < 1.29 is 4.79 Å². The van der Waals surface area contributed by atoms with Crippen molar-refractivity contribution in [2.24, 2.45) is 10.7 Å². The van der Waals surface area contributed by atoms with Gasteiger partial charge in [0.05, 0.1) is 6.54 Å². The zero-order valence-electron chi connectivity index (χ0n) is 14.8. The highest BCUT2D eigenvalue weighted by Gasteiger charge is 2.16. The molecule has 1 aromatic carbocycles. The Balaban J connectivity index is 0.00000225. The number of nitrogens with two attached hydrogens (primary N) is 1. The summed E-state index contributed by atoms with van der Waals surface area (Å²) in [5, 5.41) is 3.23. The molecule has 1 heterocycles. The maximum atomic E-state index is 12.1. The van der Waals surface area contributed by atoms with Gasteiger partial charge in [-0.2, -0.15) is 0 Å². The molecule has 3 rings (SSSR count). The second-order valence-electron chi connectivity index (χ2n) is 6.73. The van der Waals surface area contributed by atoms with E-state index in [1.165, 1.54) is 30.4 Å². The van der Waals surface area contributed by atoms with E-state index in [1.807, 2.05) is 4.90 Å². The van der Waals surface area contributed by atoms with E-state index < -0.39 is 0 Å². The SMILES string of the molecule is I.NC(=NCCC(=O)N1CCCCC1)Nc1cccc2c1CCCC2. The first-order chi connectivity index (χ1) is 11.7. The number of carbonyl (C=O) groups excluding carboxylic acids is 1. The second-order valence-corrected chi connectivity index (χ2v) is 6.73. The molecule has 1 aromatic rings. The van der Waals surface area contributed by atoms with Crippen LogP contribution in [-0.2, 0) is 17.6 Å². The standard InChI is InChI=1S/C19H28N4O.HI/c20-19(21-12-11-18(24)23-13-4-1-5-14-23)22-17-10-6-8-15-7-2-3-9-16(15)17;/h6,8,10H,1-5,7,9,11-14H2,(H3,20,21,22);1H. The fourth-order valence-electron chi connectivity index (χ4n) is 3.65. The number of carbonyl (C=O) groups is 1. The van der Waals surface area contributed by atoms with Crippen LogP contribution >= 0.6 is 24.0 Å². The van der Waals surface area contributed by atoms with Crippen LogP contribution in [0.25, 0.3) is 0 Å². The summed E-state index contributed by atoms with van der Waals surface area (Å²) in [6.07, 6.45) is 8.66. The van der Waals surface area contributed by atoms with Gasteiger partial charge in [0.15, 0.2) is 5.96 Å². The average molecular weight is 456 g/mol. The fourth-order valence-corrected chi connectivity index (χ4v) is 3.65. The number of nitrogens with zero attached hydrogens (tertiary/aromatic N) is 2. The highest BCUT2D eigenvalue weighted by molar-refractivity contribution is 14.0. The molecule has 0 aromatic heterocycles. The van der Waals surface area contributed by atoms with Crippen LogP contribution < -0.4 is 11.1 Å². The molecule has 0 atom stereocenters. The molecule has 0 bridgehead atoms. The van der Waals surface area contributed by atoms with Gasteiger partial charge in [0.25, 0.3) is 0 Å². The van der Waals surface area contributed by atoms with Crippen molar-refractivity contribution in [3.05, 3.63) is 29.3 Å². The largest absolute Gasteiger partial charge is 0.370 e. The smallest absolute Gasteiger partial charge is 0.224 e. The van der Waals surface area contributed by atoms with Crippen molar-refractivity contribution in [2.45, 2.75) is 51.4 Å². The number of hydrogen-bond acceptors (Lipinski definition) is 2. The second kappa shape index (κ2) is 9.99. The molecule has 5 nitrogen and oxygen atoms in total. The van der Waals surface area contributed by atoms with Gasteiger partial charge >= 0.3 is 0 Å². The lowest BCUT2D eigenvalue weighted by Crippen LogP contribution is -2.36. The van der Waals surface area contributed by atoms with Crippen molar-refractivity contribution >= 4 is 41.5 Å². The van der Waals surface area contributed by atoms with E-state index in [0.29, 0.717) is 18.9 Å². The molecule has 25 heavy (non-hydrogen) atoms. The number of piperidine rings is 1. The quantitative estimate of drug-likeness (QED) is 0.415. The molecule has 138 valence electrons. The van der Waals surface area contributed by atoms with Crippen LogP contribution in [0.4, 0.5) is 5.69 Å². The third-order valence-corrected chi connectivity index (χ3v) is 4.98. The van der Waals surface area contributed by atoms with Gasteiger partial charge in [-0.15, -0.1) is 24.0 Å². The predicted octanol–water partition coefficient (Wildman–Crippen LogP) is 3.31. The van der Waals surface area contributed by atoms with E-state index in [1.54, 1.807) is 0 Å². The normalized spacial score (nSPS) is 17.4. The molecule has 1 aliphatic carbocycles. The van der Waals surface area contributed by atoms with E-state index in [4.69, 9.17) is 5.73 Å². The van der Waals surface area contributed by atoms with Gasteiger partial charge in [0.2, 0.25) is 5.91 Å². The molecule has 0 unspecified atom stereocenters. The lowest BCUT2D eigenvalue weighted by molar-refractivity contribution is -0.131. The Bertz CT molecular complexity index is 611. The number of nitrogens with one attached hydrogen (secondary N) is 1. The maximum Gasteiger partial charge on any atom is 0.224 e. The minimum atomic E-state index is 0. The highest BCUT2D eigenvalue weighted by atomic mass is 127. The zero-order valence-corrected chi connectivity index (χ0v) is 17.1. The van der Waals surface area contributed by atoms with Crippen LogP contribution in [0.15, 0.2) is 23.2 Å². The van der Waals surface area contributed by atoms with Crippen LogP contribution in [0.2, 0.25) is 0 Å². The number of halogens is 1. The monoisotopic (exact) mass is 456 g/mol. The summed E-state index contributed by atoms with van der Waals surface area (Å²) >= 11 is 0. The average Bonchev–Trinajstić information content (AvgIpc) is 2.63. The fraction of sp³-hybridized carbons (Fsp3) is 0.579.